The van der Waals surface area contributed by atoms with Crippen LogP contribution >= 0.6 is 0 Å². The van der Waals surface area contributed by atoms with Crippen LogP contribution in [-0.2, 0) is 11.2 Å². The van der Waals surface area contributed by atoms with E-state index in [1.54, 1.807) is 0 Å². The Labute approximate surface area is 109 Å². The van der Waals surface area contributed by atoms with Crippen LogP contribution in [0.5, 0.6) is 0 Å². The molecule has 1 N–H and O–H groups in total. The van der Waals surface area contributed by atoms with Crippen molar-refractivity contribution >= 4 is 11.8 Å². The largest absolute Gasteiger partial charge is 0.444 e. The Morgan fingerprint density at radius 2 is 2.11 bits per heavy atom. The highest BCUT2D eigenvalue weighted by Crippen LogP contribution is 2.18. The maximum absolute atomic E-state index is 11.7. The summed E-state index contributed by atoms with van der Waals surface area (Å²) >= 11 is 0. The van der Waals surface area contributed by atoms with E-state index >= 15 is 0 Å². The van der Waals surface area contributed by atoms with E-state index in [-0.39, 0.29) is 0 Å². The summed E-state index contributed by atoms with van der Waals surface area (Å²) in [6.45, 7) is 7.41. The average Bonchev–Trinajstić information content (AvgIpc) is 2.20. The van der Waals surface area contributed by atoms with Crippen molar-refractivity contribution < 1.29 is 9.53 Å². The second-order valence-corrected chi connectivity index (χ2v) is 5.16. The van der Waals surface area contributed by atoms with Crippen molar-refractivity contribution in [1.29, 1.82) is 0 Å². The molecule has 0 radical (unpaired) electrons. The molecule has 0 bridgehead atoms. The fourth-order valence-corrected chi connectivity index (χ4v) is 1.45. The molecule has 0 atom stereocenters. The van der Waals surface area contributed by atoms with Crippen LogP contribution in [-0.4, -0.2) is 11.7 Å². The summed E-state index contributed by atoms with van der Waals surface area (Å²) in [5.74, 6) is 2.58. The van der Waals surface area contributed by atoms with Crippen molar-refractivity contribution in [2.24, 2.45) is 0 Å². The van der Waals surface area contributed by atoms with Gasteiger partial charge in [0.05, 0.1) is 0 Å². The number of hydrogen-bond acceptors (Lipinski definition) is 2. The summed E-state index contributed by atoms with van der Waals surface area (Å²) in [5, 5.41) is 2.74. The first-order valence-corrected chi connectivity index (χ1v) is 5.85. The second kappa shape index (κ2) is 5.59. The predicted molar refractivity (Wildman–Crippen MR) is 73.6 cm³/mol. The minimum absolute atomic E-state index is 0.455. The van der Waals surface area contributed by atoms with Gasteiger partial charge in [0.1, 0.15) is 5.60 Å². The molecule has 1 rings (SSSR count). The van der Waals surface area contributed by atoms with Crippen molar-refractivity contribution in [3.63, 3.8) is 0 Å². The quantitative estimate of drug-likeness (QED) is 0.810. The first-order valence-electron chi connectivity index (χ1n) is 5.85. The van der Waals surface area contributed by atoms with Crippen molar-refractivity contribution in [1.82, 2.24) is 0 Å². The molecule has 0 aromatic heterocycles. The number of anilines is 1. The lowest BCUT2D eigenvalue weighted by Gasteiger charge is -2.20. The van der Waals surface area contributed by atoms with E-state index in [1.807, 2.05) is 45.9 Å². The summed E-state index contributed by atoms with van der Waals surface area (Å²) in [5.41, 5.74) is 2.20. The third kappa shape index (κ3) is 4.50. The lowest BCUT2D eigenvalue weighted by Crippen LogP contribution is -2.27. The van der Waals surface area contributed by atoms with Gasteiger partial charge < -0.3 is 4.74 Å². The van der Waals surface area contributed by atoms with Gasteiger partial charge in [0.2, 0.25) is 0 Å². The van der Waals surface area contributed by atoms with Gasteiger partial charge in [-0.2, -0.15) is 0 Å². The van der Waals surface area contributed by atoms with E-state index in [1.165, 1.54) is 0 Å². The maximum atomic E-state index is 11.7. The minimum Gasteiger partial charge on any atom is -0.444 e. The summed E-state index contributed by atoms with van der Waals surface area (Å²) < 4.78 is 5.21. The molecule has 0 saturated carbocycles. The lowest BCUT2D eigenvalue weighted by atomic mass is 10.1. The Bertz CT molecular complexity index is 478. The number of terminal acetylenes is 1. The predicted octanol–water partition coefficient (Wildman–Crippen LogP) is 3.52. The number of aryl methyl sites for hydroxylation is 1. The van der Waals surface area contributed by atoms with Crippen molar-refractivity contribution in [2.45, 2.75) is 39.7 Å². The first kappa shape index (κ1) is 14.1. The first-order chi connectivity index (χ1) is 8.31. The topological polar surface area (TPSA) is 38.3 Å². The Kier molecular flexibility index (Phi) is 4.38. The Balaban J connectivity index is 2.81. The average molecular weight is 245 g/mol. The third-order valence-corrected chi connectivity index (χ3v) is 2.24. The molecule has 0 aliphatic carbocycles. The summed E-state index contributed by atoms with van der Waals surface area (Å²) in [7, 11) is 0. The number of carbonyl (C=O) groups is 1. The highest BCUT2D eigenvalue weighted by molar-refractivity contribution is 5.86. The van der Waals surface area contributed by atoms with E-state index in [2.05, 4.69) is 11.2 Å². The zero-order valence-corrected chi connectivity index (χ0v) is 11.3. The van der Waals surface area contributed by atoms with Gasteiger partial charge in [0.15, 0.2) is 0 Å². The van der Waals surface area contributed by atoms with Crippen LogP contribution in [0.3, 0.4) is 0 Å². The standard InChI is InChI=1S/C15H19NO2/c1-6-7-12-9-8-11(2)13(10-12)16-14(17)18-15(3,4)5/h1,8-10H,7H2,2-5H3,(H,16,17). The van der Waals surface area contributed by atoms with E-state index in [9.17, 15) is 4.79 Å². The van der Waals surface area contributed by atoms with Gasteiger partial charge in [-0.05, 0) is 44.9 Å². The van der Waals surface area contributed by atoms with Crippen molar-refractivity contribution in [3.8, 4) is 12.3 Å². The highest BCUT2D eigenvalue weighted by atomic mass is 16.6. The van der Waals surface area contributed by atoms with E-state index in [4.69, 9.17) is 11.2 Å². The lowest BCUT2D eigenvalue weighted by molar-refractivity contribution is 0.0636. The van der Waals surface area contributed by atoms with Gasteiger partial charge in [0, 0.05) is 12.1 Å². The van der Waals surface area contributed by atoms with Gasteiger partial charge in [-0.25, -0.2) is 4.79 Å². The molecule has 3 heteroatoms. The fourth-order valence-electron chi connectivity index (χ4n) is 1.45. The molecule has 18 heavy (non-hydrogen) atoms. The van der Waals surface area contributed by atoms with Gasteiger partial charge >= 0.3 is 6.09 Å². The van der Waals surface area contributed by atoms with Crippen LogP contribution in [0, 0.1) is 19.3 Å². The molecule has 0 fully saturated rings. The maximum Gasteiger partial charge on any atom is 0.412 e. The van der Waals surface area contributed by atoms with E-state index < -0.39 is 11.7 Å². The number of hydrogen-bond donors (Lipinski definition) is 1. The molecule has 0 saturated heterocycles. The molecule has 0 unspecified atom stereocenters. The molecule has 1 aromatic rings. The smallest absolute Gasteiger partial charge is 0.412 e. The number of nitrogens with one attached hydrogen (secondary N) is 1. The van der Waals surface area contributed by atoms with Crippen LogP contribution in [0.1, 0.15) is 31.9 Å². The zero-order chi connectivity index (χ0) is 13.8. The molecule has 96 valence electrons. The second-order valence-electron chi connectivity index (χ2n) is 5.16. The van der Waals surface area contributed by atoms with Crippen LogP contribution in [0.15, 0.2) is 18.2 Å². The van der Waals surface area contributed by atoms with Crippen molar-refractivity contribution in [2.75, 3.05) is 5.32 Å². The van der Waals surface area contributed by atoms with Crippen LogP contribution in [0.2, 0.25) is 0 Å². The van der Waals surface area contributed by atoms with Crippen molar-refractivity contribution in [3.05, 3.63) is 29.3 Å². The Morgan fingerprint density at radius 1 is 1.44 bits per heavy atom. The van der Waals surface area contributed by atoms with Crippen LogP contribution in [0.4, 0.5) is 10.5 Å². The van der Waals surface area contributed by atoms with Gasteiger partial charge in [0.25, 0.3) is 0 Å². The number of rotatable bonds is 2. The number of carbonyl (C=O) groups excluding carboxylic acids is 1. The number of amides is 1. The molecular formula is C15H19NO2. The molecule has 0 aliphatic rings. The fraction of sp³-hybridized carbons (Fsp3) is 0.400. The third-order valence-electron chi connectivity index (χ3n) is 2.24. The Hall–Kier alpha value is -1.95. The summed E-state index contributed by atoms with van der Waals surface area (Å²) in [6, 6.07) is 5.76. The van der Waals surface area contributed by atoms with Gasteiger partial charge in [-0.3, -0.25) is 5.32 Å². The van der Waals surface area contributed by atoms with Gasteiger partial charge in [-0.1, -0.05) is 12.1 Å². The summed E-state index contributed by atoms with van der Waals surface area (Å²) in [6.07, 6.45) is 5.36. The highest BCUT2D eigenvalue weighted by Gasteiger charge is 2.16. The molecule has 1 aromatic carbocycles. The molecule has 0 aliphatic heterocycles. The molecule has 0 heterocycles. The summed E-state index contributed by atoms with van der Waals surface area (Å²) in [4.78, 5) is 11.7. The monoisotopic (exact) mass is 245 g/mol. The normalized spacial score (nSPS) is 10.6. The molecular weight excluding hydrogens is 226 g/mol. The molecule has 1 amide bonds. The Morgan fingerprint density at radius 3 is 2.67 bits per heavy atom. The van der Waals surface area contributed by atoms with Gasteiger partial charge in [-0.15, -0.1) is 12.3 Å². The number of ether oxygens (including phenoxy) is 1. The SMILES string of the molecule is C#CCc1ccc(C)c(NC(=O)OC(C)(C)C)c1. The van der Waals surface area contributed by atoms with E-state index in [0.717, 1.165) is 16.8 Å². The zero-order valence-electron chi connectivity index (χ0n) is 11.3. The van der Waals surface area contributed by atoms with E-state index in [0.29, 0.717) is 6.42 Å². The molecule has 0 spiro atoms. The van der Waals surface area contributed by atoms with Crippen LogP contribution in [0.25, 0.3) is 0 Å². The van der Waals surface area contributed by atoms with Crippen LogP contribution < -0.4 is 5.32 Å². The minimum atomic E-state index is -0.506. The molecule has 3 nitrogen and oxygen atoms in total. The number of benzene rings is 1.